The molecule has 2 aromatic heterocycles. The van der Waals surface area contributed by atoms with Crippen LogP contribution in [-0.4, -0.2) is 9.55 Å². The Balaban J connectivity index is 1.70. The van der Waals surface area contributed by atoms with Crippen LogP contribution < -0.4 is 4.74 Å². The predicted molar refractivity (Wildman–Crippen MR) is 110 cm³/mol. The van der Waals surface area contributed by atoms with Gasteiger partial charge in [-0.15, -0.1) is 0 Å². The Morgan fingerprint density at radius 3 is 2.38 bits per heavy atom. The maximum atomic E-state index is 13.1. The van der Waals surface area contributed by atoms with Gasteiger partial charge in [-0.2, -0.15) is 5.26 Å². The van der Waals surface area contributed by atoms with E-state index < -0.39 is 0 Å². The van der Waals surface area contributed by atoms with Crippen molar-refractivity contribution in [3.63, 3.8) is 0 Å². The molecule has 5 heteroatoms. The highest BCUT2D eigenvalue weighted by molar-refractivity contribution is 5.89. The third-order valence-electron chi connectivity index (χ3n) is 5.22. The Morgan fingerprint density at radius 1 is 1.00 bits per heavy atom. The number of hydrogen-bond acceptors (Lipinski definition) is 3. The molecule has 2 heterocycles. The predicted octanol–water partition coefficient (Wildman–Crippen LogP) is 5.29. The smallest absolute Gasteiger partial charge is 0.238 e. The van der Waals surface area contributed by atoms with E-state index in [1.54, 1.807) is 18.3 Å². The van der Waals surface area contributed by atoms with E-state index in [9.17, 15) is 4.39 Å². The Kier molecular flexibility index (Phi) is 5.01. The van der Waals surface area contributed by atoms with Crippen LogP contribution in [0.25, 0.3) is 10.9 Å². The van der Waals surface area contributed by atoms with Gasteiger partial charge in [-0.3, -0.25) is 0 Å². The Morgan fingerprint density at radius 2 is 1.69 bits per heavy atom. The lowest BCUT2D eigenvalue weighted by Crippen LogP contribution is -2.05. The number of fused-ring (bicyclic) bond motifs is 1. The molecule has 0 radical (unpaired) electrons. The summed E-state index contributed by atoms with van der Waals surface area (Å²) in [6, 6.07) is 18.0. The summed E-state index contributed by atoms with van der Waals surface area (Å²) >= 11 is 0. The quantitative estimate of drug-likeness (QED) is 0.469. The van der Waals surface area contributed by atoms with Crippen molar-refractivity contribution in [1.82, 2.24) is 9.55 Å². The number of benzene rings is 2. The normalized spacial score (nSPS) is 10.8. The van der Waals surface area contributed by atoms with Gasteiger partial charge in [0.15, 0.2) is 0 Å². The van der Waals surface area contributed by atoms with Crippen LogP contribution in [0.5, 0.6) is 5.88 Å². The maximum absolute atomic E-state index is 13.1. The average Bonchev–Trinajstić information content (AvgIpc) is 2.99. The van der Waals surface area contributed by atoms with Crippen LogP contribution in [0.2, 0.25) is 0 Å². The zero-order valence-electron chi connectivity index (χ0n) is 16.3. The van der Waals surface area contributed by atoms with Gasteiger partial charge in [0.2, 0.25) is 5.88 Å². The van der Waals surface area contributed by atoms with E-state index in [4.69, 9.17) is 10.00 Å². The Bertz CT molecular complexity index is 1200. The summed E-state index contributed by atoms with van der Waals surface area (Å²) in [5.41, 5.74) is 5.88. The van der Waals surface area contributed by atoms with Crippen LogP contribution in [0.15, 0.2) is 60.8 Å². The summed E-state index contributed by atoms with van der Waals surface area (Å²) in [5.74, 6) is 0.285. The van der Waals surface area contributed by atoms with Crippen molar-refractivity contribution in [2.45, 2.75) is 27.0 Å². The molecule has 0 atom stereocenters. The van der Waals surface area contributed by atoms with Crippen molar-refractivity contribution in [3.05, 3.63) is 94.6 Å². The first-order valence-corrected chi connectivity index (χ1v) is 9.37. The molecule has 0 N–H and O–H groups in total. The van der Waals surface area contributed by atoms with E-state index in [1.807, 2.05) is 30.3 Å². The fourth-order valence-corrected chi connectivity index (χ4v) is 3.47. The second kappa shape index (κ2) is 7.76. The standard InChI is InChI=1S/C24H20FN3O/c1-16-17(2)28(14-19-5-3-18(13-26)4-6-19)23-22(16)11-12-27-24(23)29-15-20-7-9-21(25)10-8-20/h3-12H,14-15H2,1-2H3. The molecule has 0 saturated heterocycles. The van der Waals surface area contributed by atoms with E-state index >= 15 is 0 Å². The average molecular weight is 385 g/mol. The van der Waals surface area contributed by atoms with Crippen LogP contribution in [0.3, 0.4) is 0 Å². The molecule has 4 rings (SSSR count). The van der Waals surface area contributed by atoms with E-state index in [-0.39, 0.29) is 5.82 Å². The van der Waals surface area contributed by atoms with Gasteiger partial charge < -0.3 is 9.30 Å². The van der Waals surface area contributed by atoms with E-state index in [1.165, 1.54) is 17.7 Å². The van der Waals surface area contributed by atoms with Crippen LogP contribution >= 0.6 is 0 Å². The summed E-state index contributed by atoms with van der Waals surface area (Å²) in [6.45, 7) is 5.15. The molecule has 0 fully saturated rings. The molecule has 4 nitrogen and oxygen atoms in total. The molecular weight excluding hydrogens is 365 g/mol. The molecule has 2 aromatic carbocycles. The Hall–Kier alpha value is -3.65. The monoisotopic (exact) mass is 385 g/mol. The molecule has 144 valence electrons. The number of halogens is 1. The molecule has 0 amide bonds. The first kappa shape index (κ1) is 18.7. The van der Waals surface area contributed by atoms with Crippen molar-refractivity contribution < 1.29 is 9.13 Å². The number of ether oxygens (including phenoxy) is 1. The van der Waals surface area contributed by atoms with Gasteiger partial charge in [-0.05, 0) is 60.9 Å². The zero-order chi connectivity index (χ0) is 20.4. The molecular formula is C24H20FN3O. The summed E-state index contributed by atoms with van der Waals surface area (Å²) in [7, 11) is 0. The lowest BCUT2D eigenvalue weighted by atomic mass is 10.1. The molecule has 29 heavy (non-hydrogen) atoms. The topological polar surface area (TPSA) is 50.8 Å². The summed E-state index contributed by atoms with van der Waals surface area (Å²) in [6.07, 6.45) is 1.75. The van der Waals surface area contributed by atoms with Crippen molar-refractivity contribution in [2.75, 3.05) is 0 Å². The largest absolute Gasteiger partial charge is 0.471 e. The molecule has 0 spiro atoms. The fourth-order valence-electron chi connectivity index (χ4n) is 3.47. The fraction of sp³-hybridized carbons (Fsp3) is 0.167. The molecule has 0 aliphatic carbocycles. The molecule has 4 aromatic rings. The van der Waals surface area contributed by atoms with E-state index in [2.05, 4.69) is 29.5 Å². The van der Waals surface area contributed by atoms with Crippen molar-refractivity contribution in [2.24, 2.45) is 0 Å². The van der Waals surface area contributed by atoms with Gasteiger partial charge in [0.25, 0.3) is 0 Å². The lowest BCUT2D eigenvalue weighted by molar-refractivity contribution is 0.296. The minimum absolute atomic E-state index is 0.267. The molecule has 0 aliphatic rings. The van der Waals surface area contributed by atoms with Gasteiger partial charge in [-0.25, -0.2) is 9.37 Å². The van der Waals surface area contributed by atoms with Crippen LogP contribution in [0.4, 0.5) is 4.39 Å². The summed E-state index contributed by atoms with van der Waals surface area (Å²) < 4.78 is 21.4. The highest BCUT2D eigenvalue weighted by atomic mass is 19.1. The number of aromatic nitrogens is 2. The number of rotatable bonds is 5. The van der Waals surface area contributed by atoms with E-state index in [0.29, 0.717) is 24.6 Å². The van der Waals surface area contributed by atoms with Gasteiger partial charge in [-0.1, -0.05) is 24.3 Å². The third-order valence-corrected chi connectivity index (χ3v) is 5.22. The molecule has 0 bridgehead atoms. The first-order chi connectivity index (χ1) is 14.1. The van der Waals surface area contributed by atoms with Gasteiger partial charge >= 0.3 is 0 Å². The second-order valence-corrected chi connectivity index (χ2v) is 7.03. The molecule has 0 unspecified atom stereocenters. The van der Waals surface area contributed by atoms with Crippen LogP contribution in [0.1, 0.15) is 27.9 Å². The first-order valence-electron chi connectivity index (χ1n) is 9.37. The van der Waals surface area contributed by atoms with Gasteiger partial charge in [0.1, 0.15) is 17.9 Å². The number of pyridine rings is 1. The van der Waals surface area contributed by atoms with Crippen LogP contribution in [0, 0.1) is 31.0 Å². The Labute approximate surface area is 168 Å². The second-order valence-electron chi connectivity index (χ2n) is 7.03. The van der Waals surface area contributed by atoms with Crippen molar-refractivity contribution in [1.29, 1.82) is 5.26 Å². The molecule has 0 saturated carbocycles. The highest BCUT2D eigenvalue weighted by Gasteiger charge is 2.16. The lowest BCUT2D eigenvalue weighted by Gasteiger charge is -2.12. The van der Waals surface area contributed by atoms with Crippen molar-refractivity contribution in [3.8, 4) is 11.9 Å². The number of aryl methyl sites for hydroxylation is 1. The SMILES string of the molecule is Cc1c(C)n(Cc2ccc(C#N)cc2)c2c(OCc3ccc(F)cc3)nccc12. The minimum Gasteiger partial charge on any atom is -0.471 e. The van der Waals surface area contributed by atoms with E-state index in [0.717, 1.165) is 27.7 Å². The van der Waals surface area contributed by atoms with Crippen LogP contribution in [-0.2, 0) is 13.2 Å². The minimum atomic E-state index is -0.267. The number of hydrogen-bond donors (Lipinski definition) is 0. The molecule has 0 aliphatic heterocycles. The third kappa shape index (κ3) is 3.70. The van der Waals surface area contributed by atoms with Gasteiger partial charge in [0.05, 0.1) is 11.6 Å². The van der Waals surface area contributed by atoms with Crippen molar-refractivity contribution >= 4 is 10.9 Å². The zero-order valence-corrected chi connectivity index (χ0v) is 16.3. The summed E-state index contributed by atoms with van der Waals surface area (Å²) in [5, 5.41) is 10.1. The number of nitriles is 1. The number of nitrogens with zero attached hydrogens (tertiary/aromatic N) is 3. The highest BCUT2D eigenvalue weighted by Crippen LogP contribution is 2.32. The summed E-state index contributed by atoms with van der Waals surface area (Å²) in [4.78, 5) is 4.46. The van der Waals surface area contributed by atoms with Gasteiger partial charge in [0, 0.05) is 23.8 Å². The maximum Gasteiger partial charge on any atom is 0.238 e.